The molecule has 3 heterocycles. The second-order valence-corrected chi connectivity index (χ2v) is 10.7. The summed E-state index contributed by atoms with van der Waals surface area (Å²) in [5.41, 5.74) is 0.546. The van der Waals surface area contributed by atoms with Crippen LogP contribution in [0.4, 0.5) is 5.13 Å². The van der Waals surface area contributed by atoms with Gasteiger partial charge < -0.3 is 10.2 Å². The second kappa shape index (κ2) is 10.1. The van der Waals surface area contributed by atoms with Crippen molar-refractivity contribution < 1.29 is 4.79 Å². The summed E-state index contributed by atoms with van der Waals surface area (Å²) in [7, 11) is 0. The number of rotatable bonds is 7. The van der Waals surface area contributed by atoms with E-state index in [0.717, 1.165) is 48.5 Å². The molecule has 2 fully saturated rings. The normalized spacial score (nSPS) is 20.6. The van der Waals surface area contributed by atoms with E-state index in [1.165, 1.54) is 54.0 Å². The Labute approximate surface area is 185 Å². The van der Waals surface area contributed by atoms with Gasteiger partial charge in [-0.1, -0.05) is 30.6 Å². The number of nitrogens with zero attached hydrogens (tertiary/aromatic N) is 4. The van der Waals surface area contributed by atoms with Gasteiger partial charge in [0.25, 0.3) is 5.56 Å². The molecule has 1 saturated carbocycles. The lowest BCUT2D eigenvalue weighted by atomic mass is 9.97. The van der Waals surface area contributed by atoms with Gasteiger partial charge in [0.2, 0.25) is 16.0 Å². The topological polar surface area (TPSA) is 79.6 Å². The quantitative estimate of drug-likeness (QED) is 0.654. The SMILES string of the molecule is Cc1cc(=O)n2nc(N3CCC[C@@H](C(=O)NCCCSC4CCCCC4)C3)sc2n1. The van der Waals surface area contributed by atoms with Crippen LogP contribution in [0.5, 0.6) is 0 Å². The Morgan fingerprint density at radius 1 is 1.27 bits per heavy atom. The van der Waals surface area contributed by atoms with Crippen molar-refractivity contribution >= 4 is 39.1 Å². The van der Waals surface area contributed by atoms with Crippen molar-refractivity contribution in [3.05, 3.63) is 22.1 Å². The van der Waals surface area contributed by atoms with Gasteiger partial charge in [-0.25, -0.2) is 4.98 Å². The van der Waals surface area contributed by atoms with Crippen molar-refractivity contribution in [3.8, 4) is 0 Å². The first kappa shape index (κ1) is 21.6. The van der Waals surface area contributed by atoms with Gasteiger partial charge >= 0.3 is 0 Å². The number of carbonyl (C=O) groups is 1. The summed E-state index contributed by atoms with van der Waals surface area (Å²) >= 11 is 3.50. The van der Waals surface area contributed by atoms with E-state index in [1.54, 1.807) is 0 Å². The van der Waals surface area contributed by atoms with Gasteiger partial charge in [-0.3, -0.25) is 9.59 Å². The van der Waals surface area contributed by atoms with Gasteiger partial charge in [0.15, 0.2) is 0 Å². The number of hydrogen-bond acceptors (Lipinski definition) is 7. The van der Waals surface area contributed by atoms with Crippen molar-refractivity contribution in [2.75, 3.05) is 30.3 Å². The first-order valence-electron chi connectivity index (χ1n) is 11.1. The Balaban J connectivity index is 1.25. The number of aromatic nitrogens is 3. The van der Waals surface area contributed by atoms with Crippen LogP contribution in [0.25, 0.3) is 4.96 Å². The van der Waals surface area contributed by atoms with Crippen LogP contribution in [-0.4, -0.2) is 51.1 Å². The molecular formula is C21H31N5O2S2. The van der Waals surface area contributed by atoms with E-state index in [1.807, 2.05) is 6.92 Å². The minimum atomic E-state index is -0.155. The number of thioether (sulfide) groups is 1. The van der Waals surface area contributed by atoms with Crippen LogP contribution in [0, 0.1) is 12.8 Å². The van der Waals surface area contributed by atoms with E-state index in [2.05, 4.69) is 32.1 Å². The summed E-state index contributed by atoms with van der Waals surface area (Å²) in [4.78, 5) is 31.9. The minimum Gasteiger partial charge on any atom is -0.356 e. The molecule has 4 rings (SSSR count). The number of hydrogen-bond donors (Lipinski definition) is 1. The number of fused-ring (bicyclic) bond motifs is 1. The summed E-state index contributed by atoms with van der Waals surface area (Å²) in [6.07, 6.45) is 9.78. The fourth-order valence-corrected chi connectivity index (χ4v) is 6.61. The third-order valence-electron chi connectivity index (χ3n) is 5.95. The molecule has 164 valence electrons. The van der Waals surface area contributed by atoms with Crippen LogP contribution in [0.3, 0.4) is 0 Å². The molecule has 1 N–H and O–H groups in total. The Bertz CT molecular complexity index is 922. The maximum Gasteiger partial charge on any atom is 0.275 e. The van der Waals surface area contributed by atoms with Crippen LogP contribution in [0.1, 0.15) is 57.1 Å². The lowest BCUT2D eigenvalue weighted by Crippen LogP contribution is -2.43. The largest absolute Gasteiger partial charge is 0.356 e. The average Bonchev–Trinajstić information content (AvgIpc) is 3.19. The highest BCUT2D eigenvalue weighted by Crippen LogP contribution is 2.29. The number of aryl methyl sites for hydroxylation is 1. The summed E-state index contributed by atoms with van der Waals surface area (Å²) in [6, 6.07) is 1.50. The van der Waals surface area contributed by atoms with Gasteiger partial charge in [0, 0.05) is 36.6 Å². The fraction of sp³-hybridized carbons (Fsp3) is 0.714. The zero-order chi connectivity index (χ0) is 20.9. The Morgan fingerprint density at radius 3 is 2.93 bits per heavy atom. The summed E-state index contributed by atoms with van der Waals surface area (Å²) in [5, 5.41) is 9.20. The average molecular weight is 450 g/mol. The van der Waals surface area contributed by atoms with E-state index in [4.69, 9.17) is 0 Å². The zero-order valence-electron chi connectivity index (χ0n) is 17.6. The molecule has 0 radical (unpaired) electrons. The van der Waals surface area contributed by atoms with Crippen molar-refractivity contribution in [1.29, 1.82) is 0 Å². The van der Waals surface area contributed by atoms with Gasteiger partial charge in [-0.15, -0.1) is 5.10 Å². The summed E-state index contributed by atoms with van der Waals surface area (Å²) in [5.74, 6) is 1.26. The number of amides is 1. The molecule has 2 aliphatic rings. The standard InChI is InChI=1S/C21H31N5O2S2/c1-15-13-18(27)26-20(23-15)30-21(24-26)25-11-5-7-16(14-25)19(28)22-10-6-12-29-17-8-3-2-4-9-17/h13,16-17H,2-12,14H2,1H3,(H,22,28)/t16-/m1/s1. The van der Waals surface area contributed by atoms with E-state index in [9.17, 15) is 9.59 Å². The second-order valence-electron chi connectivity index (χ2n) is 8.38. The minimum absolute atomic E-state index is 0.0248. The maximum absolute atomic E-state index is 12.7. The molecule has 30 heavy (non-hydrogen) atoms. The number of piperidine rings is 1. The number of anilines is 1. The lowest BCUT2D eigenvalue weighted by molar-refractivity contribution is -0.125. The van der Waals surface area contributed by atoms with E-state index >= 15 is 0 Å². The van der Waals surface area contributed by atoms with Crippen molar-refractivity contribution in [1.82, 2.24) is 19.9 Å². The van der Waals surface area contributed by atoms with Crippen LogP contribution in [0.2, 0.25) is 0 Å². The highest BCUT2D eigenvalue weighted by Gasteiger charge is 2.27. The Kier molecular flexibility index (Phi) is 7.30. The molecule has 0 spiro atoms. The van der Waals surface area contributed by atoms with Gasteiger partial charge in [-0.05, 0) is 44.8 Å². The third kappa shape index (κ3) is 5.35. The van der Waals surface area contributed by atoms with Gasteiger partial charge in [0.1, 0.15) is 0 Å². The molecule has 0 bridgehead atoms. The molecule has 7 nitrogen and oxygen atoms in total. The highest BCUT2D eigenvalue weighted by molar-refractivity contribution is 7.99. The first-order chi connectivity index (χ1) is 14.6. The van der Waals surface area contributed by atoms with Gasteiger partial charge in [0.05, 0.1) is 5.92 Å². The third-order valence-corrected chi connectivity index (χ3v) is 8.39. The van der Waals surface area contributed by atoms with Crippen LogP contribution < -0.4 is 15.8 Å². The molecule has 9 heteroatoms. The zero-order valence-corrected chi connectivity index (χ0v) is 19.3. The molecular weight excluding hydrogens is 418 g/mol. The van der Waals surface area contributed by atoms with E-state index in [0.29, 0.717) is 17.2 Å². The summed E-state index contributed by atoms with van der Waals surface area (Å²) < 4.78 is 1.36. The monoisotopic (exact) mass is 449 g/mol. The molecule has 1 aliphatic heterocycles. The predicted molar refractivity (Wildman–Crippen MR) is 124 cm³/mol. The van der Waals surface area contributed by atoms with Crippen molar-refractivity contribution in [2.24, 2.45) is 5.92 Å². The fourth-order valence-electron chi connectivity index (χ4n) is 4.31. The molecule has 2 aromatic heterocycles. The molecule has 1 amide bonds. The Morgan fingerprint density at radius 2 is 2.10 bits per heavy atom. The lowest BCUT2D eigenvalue weighted by Gasteiger charge is -2.31. The molecule has 1 saturated heterocycles. The smallest absolute Gasteiger partial charge is 0.275 e. The van der Waals surface area contributed by atoms with Crippen molar-refractivity contribution in [3.63, 3.8) is 0 Å². The van der Waals surface area contributed by atoms with Crippen LogP contribution in [0.15, 0.2) is 10.9 Å². The van der Waals surface area contributed by atoms with Crippen molar-refractivity contribution in [2.45, 2.75) is 63.5 Å². The summed E-state index contributed by atoms with van der Waals surface area (Å²) in [6.45, 7) is 4.08. The molecule has 1 atom stereocenters. The number of carbonyl (C=O) groups excluding carboxylic acids is 1. The molecule has 1 aliphatic carbocycles. The predicted octanol–water partition coefficient (Wildman–Crippen LogP) is 3.25. The maximum atomic E-state index is 12.7. The van der Waals surface area contributed by atoms with Crippen LogP contribution >= 0.6 is 23.1 Å². The van der Waals surface area contributed by atoms with Crippen LogP contribution in [-0.2, 0) is 4.79 Å². The molecule has 0 unspecified atom stereocenters. The first-order valence-corrected chi connectivity index (χ1v) is 13.0. The van der Waals surface area contributed by atoms with E-state index in [-0.39, 0.29) is 17.4 Å². The molecule has 0 aromatic carbocycles. The highest BCUT2D eigenvalue weighted by atomic mass is 32.2. The Hall–Kier alpha value is -1.61. The molecule has 2 aromatic rings. The van der Waals surface area contributed by atoms with Gasteiger partial charge in [-0.2, -0.15) is 16.3 Å². The van der Waals surface area contributed by atoms with E-state index < -0.39 is 0 Å². The number of nitrogens with one attached hydrogen (secondary N) is 1.